The van der Waals surface area contributed by atoms with E-state index in [4.69, 9.17) is 17.0 Å². The number of benzene rings is 1. The fraction of sp³-hybridized carbons (Fsp3) is 0.375. The summed E-state index contributed by atoms with van der Waals surface area (Å²) in [6, 6.07) is 6.04. The number of halogens is 1. The lowest BCUT2D eigenvalue weighted by atomic mass is 10.2. The summed E-state index contributed by atoms with van der Waals surface area (Å²) in [5, 5.41) is 4.54. The summed E-state index contributed by atoms with van der Waals surface area (Å²) in [7, 11) is 3.81. The van der Waals surface area contributed by atoms with Crippen molar-refractivity contribution >= 4 is 28.1 Å². The Kier molecular flexibility index (Phi) is 6.15. The van der Waals surface area contributed by atoms with E-state index >= 15 is 0 Å². The number of hydrogen-bond donors (Lipinski definition) is 1. The summed E-state index contributed by atoms with van der Waals surface area (Å²) < 4.78 is 11.1. The van der Waals surface area contributed by atoms with Gasteiger partial charge in [-0.05, 0) is 37.3 Å². The van der Waals surface area contributed by atoms with Crippen molar-refractivity contribution in [1.29, 1.82) is 0 Å². The second-order valence-electron chi connectivity index (χ2n) is 5.48. The zero-order valence-electron chi connectivity index (χ0n) is 13.7. The molecule has 0 bridgehead atoms. The number of quaternary nitrogens is 1. The summed E-state index contributed by atoms with van der Waals surface area (Å²) in [4.78, 5) is 1.26. The van der Waals surface area contributed by atoms with Crippen molar-refractivity contribution in [2.24, 2.45) is 0 Å². The molecule has 0 radical (unpaired) electrons. The van der Waals surface area contributed by atoms with Gasteiger partial charge in [-0.1, -0.05) is 22.0 Å². The van der Waals surface area contributed by atoms with Gasteiger partial charge in [0.1, 0.15) is 18.1 Å². The Morgan fingerprint density at radius 1 is 1.48 bits per heavy atom. The van der Waals surface area contributed by atoms with Gasteiger partial charge in [-0.15, -0.1) is 6.58 Å². The molecule has 0 aliphatic rings. The van der Waals surface area contributed by atoms with Crippen molar-refractivity contribution in [1.82, 2.24) is 14.3 Å². The third-order valence-corrected chi connectivity index (χ3v) is 4.50. The zero-order chi connectivity index (χ0) is 17.0. The van der Waals surface area contributed by atoms with Gasteiger partial charge < -0.3 is 14.2 Å². The SMILES string of the molecule is C=CCn1c(C)nn(C[NH+](C)Cc2cc(Br)ccc2OC)c1=S. The fourth-order valence-corrected chi connectivity index (χ4v) is 3.23. The second-order valence-corrected chi connectivity index (χ2v) is 6.76. The third kappa shape index (κ3) is 4.31. The van der Waals surface area contributed by atoms with Crippen LogP contribution in [0.4, 0.5) is 0 Å². The van der Waals surface area contributed by atoms with E-state index in [1.807, 2.05) is 34.4 Å². The normalized spacial score (nSPS) is 12.2. The quantitative estimate of drug-likeness (QED) is 0.575. The minimum Gasteiger partial charge on any atom is -0.496 e. The first-order valence-corrected chi connectivity index (χ1v) is 8.55. The number of aryl methyl sites for hydroxylation is 1. The average Bonchev–Trinajstić information content (AvgIpc) is 2.75. The first-order chi connectivity index (χ1) is 11.0. The van der Waals surface area contributed by atoms with Crippen LogP contribution in [0.25, 0.3) is 0 Å². The molecule has 0 spiro atoms. The smallest absolute Gasteiger partial charge is 0.203 e. The molecule has 1 unspecified atom stereocenters. The molecule has 0 aliphatic carbocycles. The second kappa shape index (κ2) is 7.90. The number of hydrogen-bond acceptors (Lipinski definition) is 3. The average molecular weight is 398 g/mol. The van der Waals surface area contributed by atoms with Crippen LogP contribution in [0.3, 0.4) is 0 Å². The largest absolute Gasteiger partial charge is 0.496 e. The molecule has 2 aromatic rings. The van der Waals surface area contributed by atoms with Crippen LogP contribution in [0.1, 0.15) is 11.4 Å². The molecule has 1 atom stereocenters. The summed E-state index contributed by atoms with van der Waals surface area (Å²) in [6.45, 7) is 7.92. The van der Waals surface area contributed by atoms with E-state index in [0.717, 1.165) is 32.9 Å². The lowest BCUT2D eigenvalue weighted by Gasteiger charge is -2.16. The number of nitrogens with one attached hydrogen (secondary N) is 1. The molecule has 0 saturated carbocycles. The van der Waals surface area contributed by atoms with Crippen LogP contribution in [0.5, 0.6) is 5.75 Å². The molecule has 0 amide bonds. The number of aromatic nitrogens is 3. The van der Waals surface area contributed by atoms with Gasteiger partial charge in [0.2, 0.25) is 4.77 Å². The van der Waals surface area contributed by atoms with E-state index in [-0.39, 0.29) is 0 Å². The molecule has 1 heterocycles. The number of nitrogens with zero attached hydrogens (tertiary/aromatic N) is 3. The van der Waals surface area contributed by atoms with Crippen LogP contribution in [0, 0.1) is 11.7 Å². The molecule has 5 nitrogen and oxygen atoms in total. The van der Waals surface area contributed by atoms with Crippen molar-refractivity contribution < 1.29 is 9.64 Å². The summed E-state index contributed by atoms with van der Waals surface area (Å²) in [6.07, 6.45) is 1.83. The fourth-order valence-electron chi connectivity index (χ4n) is 2.51. The molecule has 23 heavy (non-hydrogen) atoms. The Balaban J connectivity index is 2.16. The highest BCUT2D eigenvalue weighted by atomic mass is 79.9. The number of rotatable bonds is 7. The van der Waals surface area contributed by atoms with Crippen LogP contribution in [-0.4, -0.2) is 28.5 Å². The molecule has 1 aromatic heterocycles. The summed E-state index contributed by atoms with van der Waals surface area (Å²) in [5.41, 5.74) is 1.15. The highest BCUT2D eigenvalue weighted by Gasteiger charge is 2.13. The van der Waals surface area contributed by atoms with E-state index in [1.165, 1.54) is 4.90 Å². The molecular weight excluding hydrogens is 376 g/mol. The maximum Gasteiger partial charge on any atom is 0.203 e. The van der Waals surface area contributed by atoms with Gasteiger partial charge in [0.15, 0.2) is 6.67 Å². The Morgan fingerprint density at radius 2 is 2.22 bits per heavy atom. The van der Waals surface area contributed by atoms with Crippen LogP contribution in [0.15, 0.2) is 35.3 Å². The Labute approximate surface area is 150 Å². The van der Waals surface area contributed by atoms with Crippen molar-refractivity contribution in [3.63, 3.8) is 0 Å². The van der Waals surface area contributed by atoms with Gasteiger partial charge in [-0.2, -0.15) is 9.78 Å². The highest BCUT2D eigenvalue weighted by Crippen LogP contribution is 2.22. The molecule has 1 aromatic carbocycles. The van der Waals surface area contributed by atoms with E-state index in [0.29, 0.717) is 13.2 Å². The first kappa shape index (κ1) is 17.9. The molecule has 7 heteroatoms. The minimum absolute atomic E-state index is 0.684. The van der Waals surface area contributed by atoms with Gasteiger partial charge >= 0.3 is 0 Å². The van der Waals surface area contributed by atoms with Gasteiger partial charge in [-0.25, -0.2) is 0 Å². The van der Waals surface area contributed by atoms with Gasteiger partial charge in [0.05, 0.1) is 14.2 Å². The van der Waals surface area contributed by atoms with Crippen molar-refractivity contribution in [3.05, 3.63) is 51.5 Å². The molecular formula is C16H22BrN4OS+. The van der Waals surface area contributed by atoms with Crippen molar-refractivity contribution in [3.8, 4) is 5.75 Å². The van der Waals surface area contributed by atoms with E-state index in [2.05, 4.69) is 40.7 Å². The van der Waals surface area contributed by atoms with E-state index < -0.39 is 0 Å². The lowest BCUT2D eigenvalue weighted by molar-refractivity contribution is -0.917. The Morgan fingerprint density at radius 3 is 2.87 bits per heavy atom. The van der Waals surface area contributed by atoms with Crippen molar-refractivity contribution in [2.45, 2.75) is 26.7 Å². The van der Waals surface area contributed by atoms with Gasteiger partial charge in [0, 0.05) is 16.6 Å². The molecule has 1 N–H and O–H groups in total. The molecule has 0 fully saturated rings. The van der Waals surface area contributed by atoms with Crippen molar-refractivity contribution in [2.75, 3.05) is 14.2 Å². The minimum atomic E-state index is 0.684. The van der Waals surface area contributed by atoms with Crippen LogP contribution in [-0.2, 0) is 19.8 Å². The molecule has 124 valence electrons. The monoisotopic (exact) mass is 397 g/mol. The van der Waals surface area contributed by atoms with Crippen LogP contribution in [0.2, 0.25) is 0 Å². The number of methoxy groups -OCH3 is 1. The standard InChI is InChI=1S/C16H21BrN4OS/c1-5-8-20-12(2)18-21(16(20)23)11-19(3)10-13-9-14(17)6-7-15(13)22-4/h5-7,9H,1,8,10-11H2,2-4H3/p+1. The van der Waals surface area contributed by atoms with Crippen LogP contribution < -0.4 is 9.64 Å². The first-order valence-electron chi connectivity index (χ1n) is 7.35. The topological polar surface area (TPSA) is 36.4 Å². The Hall–Kier alpha value is -1.44. The zero-order valence-corrected chi connectivity index (χ0v) is 16.1. The van der Waals surface area contributed by atoms with E-state index in [9.17, 15) is 0 Å². The van der Waals surface area contributed by atoms with Gasteiger partial charge in [-0.3, -0.25) is 0 Å². The predicted molar refractivity (Wildman–Crippen MR) is 97.3 cm³/mol. The van der Waals surface area contributed by atoms with Crippen LogP contribution >= 0.6 is 28.1 Å². The molecule has 0 aliphatic heterocycles. The Bertz CT molecular complexity index is 753. The molecule has 0 saturated heterocycles. The number of allylic oxidation sites excluding steroid dienone is 1. The predicted octanol–water partition coefficient (Wildman–Crippen LogP) is 2.35. The third-order valence-electron chi connectivity index (χ3n) is 3.57. The van der Waals surface area contributed by atoms with E-state index in [1.54, 1.807) is 7.11 Å². The summed E-state index contributed by atoms with van der Waals surface area (Å²) >= 11 is 9.01. The molecule has 2 rings (SSSR count). The number of ether oxygens (including phenoxy) is 1. The maximum absolute atomic E-state index is 5.50. The highest BCUT2D eigenvalue weighted by molar-refractivity contribution is 9.10. The lowest BCUT2D eigenvalue weighted by Crippen LogP contribution is -3.07. The summed E-state index contributed by atoms with van der Waals surface area (Å²) in [5.74, 6) is 1.80. The maximum atomic E-state index is 5.50. The van der Waals surface area contributed by atoms with Gasteiger partial charge in [0.25, 0.3) is 0 Å².